The highest BCUT2D eigenvalue weighted by atomic mass is 35.5. The first-order chi connectivity index (χ1) is 11.1. The number of carbonyl (C=O) groups excluding carboxylic acids is 1. The largest absolute Gasteiger partial charge is 0.320 e. The molecule has 23 heavy (non-hydrogen) atoms. The number of carbonyl (C=O) groups is 1. The van der Waals surface area contributed by atoms with Gasteiger partial charge in [0.25, 0.3) is 5.91 Å². The van der Waals surface area contributed by atoms with Gasteiger partial charge < -0.3 is 5.32 Å². The van der Waals surface area contributed by atoms with E-state index in [-0.39, 0.29) is 5.91 Å². The number of hydrogen-bond donors (Lipinski definition) is 1. The molecular weight excluding hydrogens is 331 g/mol. The van der Waals surface area contributed by atoms with Crippen molar-refractivity contribution < 1.29 is 4.79 Å². The van der Waals surface area contributed by atoms with E-state index < -0.39 is 0 Å². The molecule has 1 heterocycles. The van der Waals surface area contributed by atoms with Crippen molar-refractivity contribution >= 4 is 34.8 Å². The van der Waals surface area contributed by atoms with Crippen molar-refractivity contribution in [3.05, 3.63) is 82.5 Å². The molecule has 0 aliphatic heterocycles. The standard InChI is InChI=1S/C18H12Cl2N2O/c19-13-8-9-14(15(20)11-13)17-16(7-4-10-21-17)22-18(23)12-5-2-1-3-6-12/h1-11H,(H,22,23). The zero-order chi connectivity index (χ0) is 16.2. The topological polar surface area (TPSA) is 42.0 Å². The zero-order valence-corrected chi connectivity index (χ0v) is 13.5. The monoisotopic (exact) mass is 342 g/mol. The highest BCUT2D eigenvalue weighted by Crippen LogP contribution is 2.33. The van der Waals surface area contributed by atoms with Gasteiger partial charge in [0.15, 0.2) is 0 Å². The van der Waals surface area contributed by atoms with Gasteiger partial charge in [-0.1, -0.05) is 41.4 Å². The molecule has 0 spiro atoms. The van der Waals surface area contributed by atoms with Gasteiger partial charge in [0.2, 0.25) is 0 Å². The van der Waals surface area contributed by atoms with Crippen LogP contribution in [0, 0.1) is 0 Å². The fourth-order valence-corrected chi connectivity index (χ4v) is 2.68. The van der Waals surface area contributed by atoms with Crippen molar-refractivity contribution in [3.8, 4) is 11.3 Å². The quantitative estimate of drug-likeness (QED) is 0.700. The molecule has 0 bridgehead atoms. The number of aromatic nitrogens is 1. The Morgan fingerprint density at radius 3 is 2.48 bits per heavy atom. The third-order valence-corrected chi connectivity index (χ3v) is 3.83. The molecule has 0 saturated carbocycles. The maximum atomic E-state index is 12.3. The fourth-order valence-electron chi connectivity index (χ4n) is 2.19. The molecule has 2 aromatic carbocycles. The van der Waals surface area contributed by atoms with Crippen LogP contribution in [-0.2, 0) is 0 Å². The summed E-state index contributed by atoms with van der Waals surface area (Å²) in [5.41, 5.74) is 2.47. The summed E-state index contributed by atoms with van der Waals surface area (Å²) >= 11 is 12.2. The van der Waals surface area contributed by atoms with Crippen LogP contribution in [0.1, 0.15) is 10.4 Å². The second-order valence-corrected chi connectivity index (χ2v) is 5.69. The lowest BCUT2D eigenvalue weighted by Crippen LogP contribution is -2.12. The number of pyridine rings is 1. The number of rotatable bonds is 3. The van der Waals surface area contributed by atoms with Gasteiger partial charge in [-0.3, -0.25) is 9.78 Å². The number of benzene rings is 2. The van der Waals surface area contributed by atoms with E-state index in [0.717, 1.165) is 0 Å². The highest BCUT2D eigenvalue weighted by Gasteiger charge is 2.13. The molecule has 3 rings (SSSR count). The second-order valence-electron chi connectivity index (χ2n) is 4.84. The molecule has 0 aliphatic carbocycles. The molecule has 1 N–H and O–H groups in total. The Labute approximate surface area is 143 Å². The molecular formula is C18H12Cl2N2O. The summed E-state index contributed by atoms with van der Waals surface area (Å²) in [6.07, 6.45) is 1.65. The van der Waals surface area contributed by atoms with Gasteiger partial charge in [-0.05, 0) is 42.5 Å². The van der Waals surface area contributed by atoms with Crippen LogP contribution in [0.4, 0.5) is 5.69 Å². The number of anilines is 1. The van der Waals surface area contributed by atoms with Crippen LogP contribution in [0.3, 0.4) is 0 Å². The van der Waals surface area contributed by atoms with E-state index in [9.17, 15) is 4.79 Å². The van der Waals surface area contributed by atoms with Crippen molar-refractivity contribution in [3.63, 3.8) is 0 Å². The number of amides is 1. The summed E-state index contributed by atoms with van der Waals surface area (Å²) in [7, 11) is 0. The van der Waals surface area contributed by atoms with Crippen LogP contribution in [0.5, 0.6) is 0 Å². The molecule has 0 unspecified atom stereocenters. The zero-order valence-electron chi connectivity index (χ0n) is 12.0. The minimum absolute atomic E-state index is 0.204. The number of halogens is 2. The van der Waals surface area contributed by atoms with Gasteiger partial charge in [-0.2, -0.15) is 0 Å². The Morgan fingerprint density at radius 1 is 0.957 bits per heavy atom. The molecule has 0 atom stereocenters. The number of hydrogen-bond acceptors (Lipinski definition) is 2. The van der Waals surface area contributed by atoms with E-state index in [4.69, 9.17) is 23.2 Å². The SMILES string of the molecule is O=C(Nc1cccnc1-c1ccc(Cl)cc1Cl)c1ccccc1. The first-order valence-electron chi connectivity index (χ1n) is 6.92. The predicted octanol–water partition coefficient (Wildman–Crippen LogP) is 5.31. The van der Waals surface area contributed by atoms with E-state index in [0.29, 0.717) is 32.6 Å². The highest BCUT2D eigenvalue weighted by molar-refractivity contribution is 6.36. The molecule has 1 amide bonds. The minimum atomic E-state index is -0.204. The van der Waals surface area contributed by atoms with Crippen LogP contribution in [0.15, 0.2) is 66.9 Å². The van der Waals surface area contributed by atoms with E-state index in [1.807, 2.05) is 18.2 Å². The molecule has 0 saturated heterocycles. The molecule has 1 aromatic heterocycles. The van der Waals surface area contributed by atoms with E-state index in [1.54, 1.807) is 48.7 Å². The molecule has 5 heteroatoms. The third kappa shape index (κ3) is 3.52. The number of nitrogens with one attached hydrogen (secondary N) is 1. The Kier molecular flexibility index (Phi) is 4.60. The van der Waals surface area contributed by atoms with Gasteiger partial charge in [0.05, 0.1) is 16.4 Å². The van der Waals surface area contributed by atoms with E-state index >= 15 is 0 Å². The summed E-state index contributed by atoms with van der Waals surface area (Å²) in [6.45, 7) is 0. The molecule has 0 aliphatic rings. The van der Waals surface area contributed by atoms with Crippen molar-refractivity contribution in [2.24, 2.45) is 0 Å². The average molecular weight is 343 g/mol. The lowest BCUT2D eigenvalue weighted by atomic mass is 10.1. The van der Waals surface area contributed by atoms with E-state index in [1.165, 1.54) is 0 Å². The van der Waals surface area contributed by atoms with Crippen molar-refractivity contribution in [2.75, 3.05) is 5.32 Å². The Bertz CT molecular complexity index is 851. The fraction of sp³-hybridized carbons (Fsp3) is 0. The van der Waals surface area contributed by atoms with Crippen molar-refractivity contribution in [1.82, 2.24) is 4.98 Å². The van der Waals surface area contributed by atoms with Gasteiger partial charge in [-0.15, -0.1) is 0 Å². The molecule has 0 fully saturated rings. The Balaban J connectivity index is 1.97. The Morgan fingerprint density at radius 2 is 1.74 bits per heavy atom. The summed E-state index contributed by atoms with van der Waals surface area (Å²) in [6, 6.07) is 17.7. The maximum Gasteiger partial charge on any atom is 0.255 e. The van der Waals surface area contributed by atoms with Crippen molar-refractivity contribution in [1.29, 1.82) is 0 Å². The van der Waals surface area contributed by atoms with Gasteiger partial charge in [0.1, 0.15) is 0 Å². The minimum Gasteiger partial charge on any atom is -0.320 e. The average Bonchev–Trinajstić information content (AvgIpc) is 2.56. The van der Waals surface area contributed by atoms with Crippen molar-refractivity contribution in [2.45, 2.75) is 0 Å². The lowest BCUT2D eigenvalue weighted by molar-refractivity contribution is 0.102. The summed E-state index contributed by atoms with van der Waals surface area (Å²) in [5, 5.41) is 3.90. The second kappa shape index (κ2) is 6.82. The van der Waals surface area contributed by atoms with Crippen LogP contribution in [0.2, 0.25) is 10.0 Å². The summed E-state index contributed by atoms with van der Waals surface area (Å²) in [4.78, 5) is 16.7. The van der Waals surface area contributed by atoms with Gasteiger partial charge in [-0.25, -0.2) is 0 Å². The summed E-state index contributed by atoms with van der Waals surface area (Å²) in [5.74, 6) is -0.204. The Hall–Kier alpha value is -2.36. The smallest absolute Gasteiger partial charge is 0.255 e. The molecule has 3 nitrogen and oxygen atoms in total. The normalized spacial score (nSPS) is 10.3. The molecule has 114 valence electrons. The van der Waals surface area contributed by atoms with Crippen LogP contribution >= 0.6 is 23.2 Å². The third-order valence-electron chi connectivity index (χ3n) is 3.28. The van der Waals surface area contributed by atoms with E-state index in [2.05, 4.69) is 10.3 Å². The molecule has 0 radical (unpaired) electrons. The van der Waals surface area contributed by atoms with Gasteiger partial charge in [0, 0.05) is 22.3 Å². The number of nitrogens with zero attached hydrogens (tertiary/aromatic N) is 1. The lowest BCUT2D eigenvalue weighted by Gasteiger charge is -2.11. The molecule has 3 aromatic rings. The van der Waals surface area contributed by atoms with Crippen LogP contribution in [-0.4, -0.2) is 10.9 Å². The van der Waals surface area contributed by atoms with Gasteiger partial charge >= 0.3 is 0 Å². The first-order valence-corrected chi connectivity index (χ1v) is 7.67. The van der Waals surface area contributed by atoms with Crippen LogP contribution in [0.25, 0.3) is 11.3 Å². The first kappa shape index (κ1) is 15.5. The summed E-state index contributed by atoms with van der Waals surface area (Å²) < 4.78 is 0. The maximum absolute atomic E-state index is 12.3. The van der Waals surface area contributed by atoms with Crippen LogP contribution < -0.4 is 5.32 Å². The predicted molar refractivity (Wildman–Crippen MR) is 94.1 cm³/mol.